The molecule has 0 atom stereocenters. The third-order valence-electron chi connectivity index (χ3n) is 4.18. The SMILES string of the molecule is COc1ccc(/C=C/C(=O)OCc2cc(=O)oc3c(C)c(O)ccc23)cc1F. The van der Waals surface area contributed by atoms with Crippen molar-refractivity contribution in [2.45, 2.75) is 13.5 Å². The second kappa shape index (κ2) is 7.96. The van der Waals surface area contributed by atoms with Crippen LogP contribution in [0.5, 0.6) is 11.5 Å². The minimum absolute atomic E-state index is 0.000508. The van der Waals surface area contributed by atoms with Gasteiger partial charge in [0.25, 0.3) is 0 Å². The molecule has 0 spiro atoms. The number of halogens is 1. The summed E-state index contributed by atoms with van der Waals surface area (Å²) in [5.41, 5.74) is 0.960. The molecule has 1 aromatic heterocycles. The summed E-state index contributed by atoms with van der Waals surface area (Å²) in [6, 6.07) is 8.56. The number of phenolic OH excluding ortho intramolecular Hbond substituents is 1. The maximum absolute atomic E-state index is 13.7. The van der Waals surface area contributed by atoms with Gasteiger partial charge in [0.05, 0.1) is 7.11 Å². The molecule has 0 saturated heterocycles. The van der Waals surface area contributed by atoms with Gasteiger partial charge in [-0.15, -0.1) is 0 Å². The van der Waals surface area contributed by atoms with Crippen LogP contribution in [0, 0.1) is 12.7 Å². The molecule has 0 amide bonds. The Balaban J connectivity index is 1.75. The van der Waals surface area contributed by atoms with E-state index in [2.05, 4.69) is 0 Å². The molecule has 1 heterocycles. The van der Waals surface area contributed by atoms with E-state index in [9.17, 15) is 19.1 Å². The summed E-state index contributed by atoms with van der Waals surface area (Å²) in [7, 11) is 1.36. The number of carbonyl (C=O) groups is 1. The summed E-state index contributed by atoms with van der Waals surface area (Å²) < 4.78 is 28.8. The lowest BCUT2D eigenvalue weighted by Crippen LogP contribution is -2.06. The van der Waals surface area contributed by atoms with Crippen molar-refractivity contribution in [2.75, 3.05) is 7.11 Å². The number of fused-ring (bicyclic) bond motifs is 1. The van der Waals surface area contributed by atoms with Crippen molar-refractivity contribution in [3.63, 3.8) is 0 Å². The van der Waals surface area contributed by atoms with Crippen LogP contribution in [0.1, 0.15) is 16.7 Å². The van der Waals surface area contributed by atoms with Crippen molar-refractivity contribution in [3.05, 3.63) is 75.4 Å². The highest BCUT2D eigenvalue weighted by atomic mass is 19.1. The summed E-state index contributed by atoms with van der Waals surface area (Å²) >= 11 is 0. The summed E-state index contributed by atoms with van der Waals surface area (Å²) in [4.78, 5) is 23.7. The van der Waals surface area contributed by atoms with E-state index in [0.717, 1.165) is 6.08 Å². The van der Waals surface area contributed by atoms with Crippen LogP contribution in [0.15, 0.2) is 51.7 Å². The Hall–Kier alpha value is -3.61. The first-order valence-electron chi connectivity index (χ1n) is 8.32. The quantitative estimate of drug-likeness (QED) is 0.410. The molecule has 144 valence electrons. The van der Waals surface area contributed by atoms with Crippen molar-refractivity contribution in [2.24, 2.45) is 0 Å². The zero-order chi connectivity index (χ0) is 20.3. The molecule has 7 heteroatoms. The number of hydrogen-bond acceptors (Lipinski definition) is 6. The highest BCUT2D eigenvalue weighted by molar-refractivity contribution is 5.88. The molecule has 0 saturated carbocycles. The van der Waals surface area contributed by atoms with Crippen LogP contribution in [-0.4, -0.2) is 18.2 Å². The molecule has 0 bridgehead atoms. The lowest BCUT2D eigenvalue weighted by atomic mass is 10.1. The average molecular weight is 384 g/mol. The standard InChI is InChI=1S/C21H17FO6/c1-12-17(23)6-5-15-14(10-20(25)28-21(12)15)11-27-19(24)8-4-13-3-7-18(26-2)16(22)9-13/h3-10,23H,11H2,1-2H3/b8-4+. The third-order valence-corrected chi connectivity index (χ3v) is 4.18. The third kappa shape index (κ3) is 4.03. The molecule has 0 radical (unpaired) electrons. The van der Waals surface area contributed by atoms with Gasteiger partial charge in [0.2, 0.25) is 0 Å². The summed E-state index contributed by atoms with van der Waals surface area (Å²) in [5.74, 6) is -1.09. The molecule has 3 aromatic rings. The monoisotopic (exact) mass is 384 g/mol. The van der Waals surface area contributed by atoms with Crippen molar-refractivity contribution in [1.29, 1.82) is 0 Å². The van der Waals surface area contributed by atoms with Crippen molar-refractivity contribution >= 4 is 23.0 Å². The first-order chi connectivity index (χ1) is 13.4. The normalized spacial score (nSPS) is 11.1. The van der Waals surface area contributed by atoms with E-state index in [0.29, 0.717) is 22.1 Å². The number of methoxy groups -OCH3 is 1. The van der Waals surface area contributed by atoms with Crippen LogP contribution in [0.3, 0.4) is 0 Å². The van der Waals surface area contributed by atoms with Gasteiger partial charge in [-0.05, 0) is 42.8 Å². The van der Waals surface area contributed by atoms with E-state index in [1.807, 2.05) is 0 Å². The average Bonchev–Trinajstić information content (AvgIpc) is 2.67. The predicted molar refractivity (Wildman–Crippen MR) is 101 cm³/mol. The molecule has 6 nitrogen and oxygen atoms in total. The Morgan fingerprint density at radius 1 is 1.25 bits per heavy atom. The maximum atomic E-state index is 13.7. The van der Waals surface area contributed by atoms with Crippen LogP contribution < -0.4 is 10.4 Å². The molecule has 3 rings (SSSR count). The van der Waals surface area contributed by atoms with E-state index in [-0.39, 0.29) is 23.7 Å². The highest BCUT2D eigenvalue weighted by Gasteiger charge is 2.12. The van der Waals surface area contributed by atoms with Gasteiger partial charge in [0.1, 0.15) is 17.9 Å². The smallest absolute Gasteiger partial charge is 0.336 e. The largest absolute Gasteiger partial charge is 0.508 e. The molecular formula is C21H17FO6. The molecule has 2 aromatic carbocycles. The molecule has 0 aliphatic heterocycles. The number of carbonyl (C=O) groups excluding carboxylic acids is 1. The van der Waals surface area contributed by atoms with Gasteiger partial charge < -0.3 is 19.0 Å². The summed E-state index contributed by atoms with van der Waals surface area (Å²) in [6.45, 7) is 1.46. The minimum Gasteiger partial charge on any atom is -0.508 e. The van der Waals surface area contributed by atoms with E-state index < -0.39 is 17.4 Å². The fourth-order valence-electron chi connectivity index (χ4n) is 2.68. The molecule has 0 aliphatic rings. The number of hydrogen-bond donors (Lipinski definition) is 1. The second-order valence-electron chi connectivity index (χ2n) is 6.01. The predicted octanol–water partition coefficient (Wildman–Crippen LogP) is 3.71. The molecule has 0 fully saturated rings. The number of phenols is 1. The van der Waals surface area contributed by atoms with E-state index in [1.165, 1.54) is 37.5 Å². The highest BCUT2D eigenvalue weighted by Crippen LogP contribution is 2.27. The summed E-state index contributed by atoms with van der Waals surface area (Å²) in [5, 5.41) is 10.3. The summed E-state index contributed by atoms with van der Waals surface area (Å²) in [6.07, 6.45) is 2.57. The zero-order valence-electron chi connectivity index (χ0n) is 15.2. The van der Waals surface area contributed by atoms with Gasteiger partial charge in [-0.1, -0.05) is 6.07 Å². The number of ether oxygens (including phenoxy) is 2. The van der Waals surface area contributed by atoms with Crippen LogP contribution in [-0.2, 0) is 16.1 Å². The fourth-order valence-corrected chi connectivity index (χ4v) is 2.68. The van der Waals surface area contributed by atoms with Gasteiger partial charge in [0.15, 0.2) is 11.6 Å². The zero-order valence-corrected chi connectivity index (χ0v) is 15.2. The number of esters is 1. The molecule has 1 N–H and O–H groups in total. The van der Waals surface area contributed by atoms with Crippen molar-refractivity contribution in [1.82, 2.24) is 0 Å². The number of rotatable bonds is 5. The Bertz CT molecular complexity index is 1130. The Morgan fingerprint density at radius 3 is 2.75 bits per heavy atom. The van der Waals surface area contributed by atoms with Crippen LogP contribution >= 0.6 is 0 Å². The number of aromatic hydroxyl groups is 1. The van der Waals surface area contributed by atoms with Crippen LogP contribution in [0.25, 0.3) is 17.0 Å². The van der Waals surface area contributed by atoms with Crippen molar-refractivity contribution < 1.29 is 28.2 Å². The van der Waals surface area contributed by atoms with E-state index >= 15 is 0 Å². The van der Waals surface area contributed by atoms with Gasteiger partial charge in [-0.3, -0.25) is 0 Å². The number of benzene rings is 2. The molecule has 0 aliphatic carbocycles. The fraction of sp³-hybridized carbons (Fsp3) is 0.143. The van der Waals surface area contributed by atoms with Gasteiger partial charge >= 0.3 is 11.6 Å². The van der Waals surface area contributed by atoms with Gasteiger partial charge in [0, 0.05) is 28.7 Å². The lowest BCUT2D eigenvalue weighted by Gasteiger charge is -2.08. The van der Waals surface area contributed by atoms with Gasteiger partial charge in [-0.2, -0.15) is 0 Å². The Labute approximate surface area is 159 Å². The van der Waals surface area contributed by atoms with Gasteiger partial charge in [-0.25, -0.2) is 14.0 Å². The topological polar surface area (TPSA) is 86.0 Å². The number of aryl methyl sites for hydroxylation is 1. The Kier molecular flexibility index (Phi) is 5.44. The van der Waals surface area contributed by atoms with E-state index in [4.69, 9.17) is 13.9 Å². The first-order valence-corrected chi connectivity index (χ1v) is 8.32. The maximum Gasteiger partial charge on any atom is 0.336 e. The minimum atomic E-state index is -0.659. The first kappa shape index (κ1) is 19.2. The van der Waals surface area contributed by atoms with Crippen LogP contribution in [0.4, 0.5) is 4.39 Å². The van der Waals surface area contributed by atoms with E-state index in [1.54, 1.807) is 19.1 Å². The Morgan fingerprint density at radius 2 is 2.04 bits per heavy atom. The lowest BCUT2D eigenvalue weighted by molar-refractivity contribution is -0.138. The van der Waals surface area contributed by atoms with Crippen molar-refractivity contribution in [3.8, 4) is 11.5 Å². The van der Waals surface area contributed by atoms with Crippen LogP contribution in [0.2, 0.25) is 0 Å². The molecule has 0 unspecified atom stereocenters. The molecular weight excluding hydrogens is 367 g/mol. The second-order valence-corrected chi connectivity index (χ2v) is 6.01. The molecule has 28 heavy (non-hydrogen) atoms.